The van der Waals surface area contributed by atoms with Crippen LogP contribution in [-0.4, -0.2) is 69.2 Å². The van der Waals surface area contributed by atoms with Gasteiger partial charge in [-0.3, -0.25) is 9.59 Å². The number of rotatable bonds is 11. The minimum absolute atomic E-state index is 0.00139. The van der Waals surface area contributed by atoms with Gasteiger partial charge in [0.2, 0.25) is 5.91 Å². The number of amides is 4. The second-order valence-corrected chi connectivity index (χ2v) is 10.7. The van der Waals surface area contributed by atoms with Crippen LogP contribution in [0.15, 0.2) is 66.7 Å². The Labute approximate surface area is 256 Å². The van der Waals surface area contributed by atoms with Gasteiger partial charge in [-0.1, -0.05) is 53.5 Å². The molecule has 1 aliphatic heterocycles. The second kappa shape index (κ2) is 15.4. The molecule has 9 nitrogen and oxygen atoms in total. The third kappa shape index (κ3) is 8.85. The highest BCUT2D eigenvalue weighted by atomic mass is 35.5. The highest BCUT2D eigenvalue weighted by molar-refractivity contribution is 6.40. The summed E-state index contributed by atoms with van der Waals surface area (Å²) in [5.41, 5.74) is 3.56. The number of nitrogens with one attached hydrogen (secondary N) is 3. The Bertz CT molecular complexity index is 1340. The molecule has 0 bridgehead atoms. The smallest absolute Gasteiger partial charge is 0.322 e. The largest absolute Gasteiger partial charge is 0.383 e. The molecule has 3 N–H and O–H groups in total. The number of piperazine rings is 1. The molecule has 0 unspecified atom stereocenters. The molecule has 0 spiro atoms. The lowest BCUT2D eigenvalue weighted by atomic mass is 10.1. The Morgan fingerprint density at radius 1 is 0.881 bits per heavy atom. The van der Waals surface area contributed by atoms with Crippen molar-refractivity contribution in [1.29, 1.82) is 0 Å². The number of aryl methyl sites for hydroxylation is 1. The number of ether oxygens (including phenoxy) is 1. The van der Waals surface area contributed by atoms with Crippen LogP contribution >= 0.6 is 23.2 Å². The number of carbonyl (C=O) groups excluding carboxylic acids is 3. The van der Waals surface area contributed by atoms with Crippen LogP contribution in [0.4, 0.5) is 21.9 Å². The normalized spacial score (nSPS) is 13.0. The predicted octanol–water partition coefficient (Wildman–Crippen LogP) is 5.69. The van der Waals surface area contributed by atoms with Crippen LogP contribution in [0, 0.1) is 0 Å². The predicted molar refractivity (Wildman–Crippen MR) is 168 cm³/mol. The number of hydrogen-bond acceptors (Lipinski definition) is 5. The summed E-state index contributed by atoms with van der Waals surface area (Å²) in [4.78, 5) is 41.5. The minimum Gasteiger partial charge on any atom is -0.383 e. The van der Waals surface area contributed by atoms with Crippen molar-refractivity contribution in [3.63, 3.8) is 0 Å². The Morgan fingerprint density at radius 3 is 2.19 bits per heavy atom. The van der Waals surface area contributed by atoms with Crippen LogP contribution in [0.3, 0.4) is 0 Å². The molecular weight excluding hydrogens is 577 g/mol. The first-order valence-corrected chi connectivity index (χ1v) is 14.6. The van der Waals surface area contributed by atoms with Gasteiger partial charge >= 0.3 is 6.03 Å². The Morgan fingerprint density at radius 2 is 1.55 bits per heavy atom. The number of carbonyl (C=O) groups is 3. The summed E-state index contributed by atoms with van der Waals surface area (Å²) in [5.74, 6) is -0.336. The van der Waals surface area contributed by atoms with E-state index in [1.165, 1.54) is 17.7 Å². The molecule has 4 rings (SSSR count). The summed E-state index contributed by atoms with van der Waals surface area (Å²) in [6, 6.07) is 20.5. The van der Waals surface area contributed by atoms with Gasteiger partial charge in [-0.25, -0.2) is 4.79 Å². The van der Waals surface area contributed by atoms with Crippen LogP contribution in [0.25, 0.3) is 0 Å². The summed E-state index contributed by atoms with van der Waals surface area (Å²) >= 11 is 12.7. The van der Waals surface area contributed by atoms with Crippen LogP contribution in [0.1, 0.15) is 28.8 Å². The quantitative estimate of drug-likeness (QED) is 0.242. The van der Waals surface area contributed by atoms with Crippen molar-refractivity contribution >= 4 is 58.1 Å². The van der Waals surface area contributed by atoms with Crippen LogP contribution in [0.2, 0.25) is 10.0 Å². The molecule has 3 aromatic carbocycles. The first kappa shape index (κ1) is 31.2. The number of anilines is 3. The molecule has 3 aromatic rings. The summed E-state index contributed by atoms with van der Waals surface area (Å²) in [6.07, 6.45) is 2.13. The van der Waals surface area contributed by atoms with E-state index in [0.29, 0.717) is 51.3 Å². The molecule has 1 aliphatic rings. The third-order valence-corrected chi connectivity index (χ3v) is 7.52. The van der Waals surface area contributed by atoms with Gasteiger partial charge in [0.05, 0.1) is 22.3 Å². The van der Waals surface area contributed by atoms with Gasteiger partial charge in [-0.05, 0) is 54.8 Å². The summed E-state index contributed by atoms with van der Waals surface area (Å²) in [5, 5.41) is 8.81. The van der Waals surface area contributed by atoms with E-state index in [1.54, 1.807) is 12.0 Å². The van der Waals surface area contributed by atoms with Crippen molar-refractivity contribution in [3.05, 3.63) is 87.9 Å². The average Bonchev–Trinajstić information content (AvgIpc) is 3.00. The lowest BCUT2D eigenvalue weighted by Crippen LogP contribution is -2.50. The van der Waals surface area contributed by atoms with E-state index in [4.69, 9.17) is 27.9 Å². The van der Waals surface area contributed by atoms with Crippen molar-refractivity contribution in [1.82, 2.24) is 10.2 Å². The maximum absolute atomic E-state index is 13.0. The van der Waals surface area contributed by atoms with E-state index in [9.17, 15) is 14.4 Å². The maximum atomic E-state index is 13.0. The van der Waals surface area contributed by atoms with Crippen molar-refractivity contribution in [3.8, 4) is 0 Å². The third-order valence-electron chi connectivity index (χ3n) is 6.92. The Hall–Kier alpha value is -3.79. The van der Waals surface area contributed by atoms with E-state index >= 15 is 0 Å². The highest BCUT2D eigenvalue weighted by Gasteiger charge is 2.23. The molecule has 11 heteroatoms. The van der Waals surface area contributed by atoms with Crippen LogP contribution in [-0.2, 0) is 16.0 Å². The fourth-order valence-corrected chi connectivity index (χ4v) is 5.20. The lowest BCUT2D eigenvalue weighted by Gasteiger charge is -2.36. The van der Waals surface area contributed by atoms with E-state index in [-0.39, 0.29) is 33.6 Å². The summed E-state index contributed by atoms with van der Waals surface area (Å²) in [6.45, 7) is 3.02. The van der Waals surface area contributed by atoms with Gasteiger partial charge in [-0.2, -0.15) is 0 Å². The molecule has 0 radical (unpaired) electrons. The monoisotopic (exact) mass is 611 g/mol. The molecular formula is C31H35Cl2N5O4. The van der Waals surface area contributed by atoms with E-state index in [0.717, 1.165) is 24.2 Å². The zero-order chi connectivity index (χ0) is 29.9. The van der Waals surface area contributed by atoms with Gasteiger partial charge in [0.25, 0.3) is 5.91 Å². The zero-order valence-corrected chi connectivity index (χ0v) is 25.0. The number of hydrogen-bond donors (Lipinski definition) is 3. The van der Waals surface area contributed by atoms with Crippen LogP contribution < -0.4 is 20.9 Å². The summed E-state index contributed by atoms with van der Waals surface area (Å²) < 4.78 is 4.93. The summed E-state index contributed by atoms with van der Waals surface area (Å²) in [7, 11) is 1.55. The molecule has 1 saturated heterocycles. The number of methoxy groups -OCH3 is 1. The van der Waals surface area contributed by atoms with Crippen molar-refractivity contribution in [2.24, 2.45) is 0 Å². The fourth-order valence-electron chi connectivity index (χ4n) is 4.62. The lowest BCUT2D eigenvalue weighted by molar-refractivity contribution is -0.116. The van der Waals surface area contributed by atoms with Crippen molar-refractivity contribution in [2.75, 3.05) is 62.0 Å². The fraction of sp³-hybridized carbons (Fsp3) is 0.323. The molecule has 0 aromatic heterocycles. The van der Waals surface area contributed by atoms with Crippen molar-refractivity contribution in [2.45, 2.75) is 19.3 Å². The highest BCUT2D eigenvalue weighted by Crippen LogP contribution is 2.32. The van der Waals surface area contributed by atoms with Gasteiger partial charge in [0.15, 0.2) is 0 Å². The SMILES string of the molecule is COCCNC(=O)c1cc(Cl)c(NC(=O)N2CCN(c3ccc(NC(=O)CCCc4ccccc4)cc3)CC2)c(Cl)c1. The molecule has 4 amide bonds. The van der Waals surface area contributed by atoms with Gasteiger partial charge in [-0.15, -0.1) is 0 Å². The topological polar surface area (TPSA) is 103 Å². The van der Waals surface area contributed by atoms with E-state index in [2.05, 4.69) is 33.0 Å². The van der Waals surface area contributed by atoms with Crippen molar-refractivity contribution < 1.29 is 19.1 Å². The average molecular weight is 613 g/mol. The first-order valence-electron chi connectivity index (χ1n) is 13.8. The Kier molecular flexibility index (Phi) is 11.5. The number of benzene rings is 3. The molecule has 42 heavy (non-hydrogen) atoms. The second-order valence-electron chi connectivity index (χ2n) is 9.90. The van der Waals surface area contributed by atoms with E-state index in [1.807, 2.05) is 42.5 Å². The Balaban J connectivity index is 1.23. The number of halogens is 2. The van der Waals surface area contributed by atoms with Gasteiger partial charge in [0.1, 0.15) is 0 Å². The van der Waals surface area contributed by atoms with Crippen LogP contribution in [0.5, 0.6) is 0 Å². The molecule has 0 saturated carbocycles. The molecule has 1 heterocycles. The number of nitrogens with zero attached hydrogens (tertiary/aromatic N) is 2. The minimum atomic E-state index is -0.334. The molecule has 1 fully saturated rings. The van der Waals surface area contributed by atoms with Gasteiger partial charge in [0, 0.05) is 63.2 Å². The zero-order valence-electron chi connectivity index (χ0n) is 23.5. The number of urea groups is 1. The standard InChI is InChI=1S/C31H35Cl2N5O4/c1-42-19-14-34-30(40)23-20-26(32)29(27(33)21-23)36-31(41)38-17-15-37(16-18-38)25-12-10-24(11-13-25)35-28(39)9-5-8-22-6-3-2-4-7-22/h2-4,6-7,10-13,20-21H,5,8-9,14-19H2,1H3,(H,34,40)(H,35,39)(H,36,41). The van der Waals surface area contributed by atoms with Gasteiger partial charge < -0.3 is 30.5 Å². The first-order chi connectivity index (χ1) is 20.3. The maximum Gasteiger partial charge on any atom is 0.322 e. The molecule has 0 aliphatic carbocycles. The van der Waals surface area contributed by atoms with E-state index < -0.39 is 0 Å². The molecule has 0 atom stereocenters. The molecule has 222 valence electrons.